The topological polar surface area (TPSA) is 98.1 Å². The van der Waals surface area contributed by atoms with Crippen molar-refractivity contribution in [3.05, 3.63) is 41.5 Å². The van der Waals surface area contributed by atoms with Crippen LogP contribution in [-0.2, 0) is 24.2 Å². The molecule has 0 saturated carbocycles. The molecule has 1 aliphatic rings. The number of aromatic nitrogens is 3. The molecule has 8 heteroatoms. The van der Waals surface area contributed by atoms with E-state index in [1.54, 1.807) is 45.0 Å². The Morgan fingerprint density at radius 1 is 1.19 bits per heavy atom. The molecule has 26 heavy (non-hydrogen) atoms. The Labute approximate surface area is 151 Å². The van der Waals surface area contributed by atoms with Crippen LogP contribution in [0.4, 0.5) is 10.5 Å². The lowest BCUT2D eigenvalue weighted by Gasteiger charge is -2.19. The van der Waals surface area contributed by atoms with Crippen LogP contribution in [0.15, 0.2) is 24.3 Å². The molecule has 0 radical (unpaired) electrons. The molecule has 0 spiro atoms. The SMILES string of the molecule is CC(C)(C)OC(=O)Nc1ccc(C(=O)NCc2nnc3n2CCC3)cc1. The summed E-state index contributed by atoms with van der Waals surface area (Å²) in [6, 6.07) is 6.62. The molecule has 2 heterocycles. The van der Waals surface area contributed by atoms with Gasteiger partial charge in [0.2, 0.25) is 0 Å². The third-order valence-electron chi connectivity index (χ3n) is 3.89. The van der Waals surface area contributed by atoms with Gasteiger partial charge in [0.05, 0.1) is 6.54 Å². The predicted molar refractivity (Wildman–Crippen MR) is 95.8 cm³/mol. The van der Waals surface area contributed by atoms with Gasteiger partial charge in [0.15, 0.2) is 5.82 Å². The number of carbonyl (C=O) groups excluding carboxylic acids is 2. The van der Waals surface area contributed by atoms with E-state index in [1.807, 2.05) is 4.57 Å². The van der Waals surface area contributed by atoms with Gasteiger partial charge in [0.25, 0.3) is 5.91 Å². The molecule has 0 bridgehead atoms. The number of hydrogen-bond donors (Lipinski definition) is 2. The Morgan fingerprint density at radius 2 is 1.92 bits per heavy atom. The lowest BCUT2D eigenvalue weighted by atomic mass is 10.2. The number of fused-ring (bicyclic) bond motifs is 1. The molecule has 1 aliphatic heterocycles. The van der Waals surface area contributed by atoms with Gasteiger partial charge in [-0.1, -0.05) is 0 Å². The average molecular weight is 357 g/mol. The number of benzene rings is 1. The number of anilines is 1. The minimum atomic E-state index is -0.564. The number of nitrogens with one attached hydrogen (secondary N) is 2. The summed E-state index contributed by atoms with van der Waals surface area (Å²) in [5.41, 5.74) is 0.498. The molecule has 3 rings (SSSR count). The fraction of sp³-hybridized carbons (Fsp3) is 0.444. The molecule has 1 aromatic heterocycles. The van der Waals surface area contributed by atoms with Crippen molar-refractivity contribution in [2.75, 3.05) is 5.32 Å². The molecule has 0 unspecified atom stereocenters. The van der Waals surface area contributed by atoms with Crippen LogP contribution in [0, 0.1) is 0 Å². The number of rotatable bonds is 4. The Bertz CT molecular complexity index is 805. The lowest BCUT2D eigenvalue weighted by molar-refractivity contribution is 0.0635. The summed E-state index contributed by atoms with van der Waals surface area (Å²) in [5, 5.41) is 13.7. The molecule has 0 saturated heterocycles. The van der Waals surface area contributed by atoms with E-state index >= 15 is 0 Å². The van der Waals surface area contributed by atoms with Crippen molar-refractivity contribution in [3.63, 3.8) is 0 Å². The molecule has 0 atom stereocenters. The highest BCUT2D eigenvalue weighted by Crippen LogP contribution is 2.15. The highest BCUT2D eigenvalue weighted by Gasteiger charge is 2.18. The first kappa shape index (κ1) is 17.9. The summed E-state index contributed by atoms with van der Waals surface area (Å²) in [5.74, 6) is 1.55. The predicted octanol–water partition coefficient (Wildman–Crippen LogP) is 2.50. The molecule has 2 N–H and O–H groups in total. The van der Waals surface area contributed by atoms with Crippen LogP contribution in [0.5, 0.6) is 0 Å². The van der Waals surface area contributed by atoms with Gasteiger partial charge in [-0.15, -0.1) is 10.2 Å². The lowest BCUT2D eigenvalue weighted by Crippen LogP contribution is -2.27. The number of hydrogen-bond acceptors (Lipinski definition) is 5. The average Bonchev–Trinajstić information content (AvgIpc) is 3.15. The standard InChI is InChI=1S/C18H23N5O3/c1-18(2,3)26-17(25)20-13-8-6-12(7-9-13)16(24)19-11-15-22-21-14-5-4-10-23(14)15/h6-9H,4-5,10-11H2,1-3H3,(H,19,24)(H,20,25). The maximum atomic E-state index is 12.3. The van der Waals surface area contributed by atoms with Gasteiger partial charge in [-0.3, -0.25) is 10.1 Å². The van der Waals surface area contributed by atoms with Gasteiger partial charge in [0.1, 0.15) is 11.4 Å². The van der Waals surface area contributed by atoms with Gasteiger partial charge in [-0.05, 0) is 51.5 Å². The van der Waals surface area contributed by atoms with Crippen molar-refractivity contribution < 1.29 is 14.3 Å². The fourth-order valence-corrected chi connectivity index (χ4v) is 2.73. The van der Waals surface area contributed by atoms with Gasteiger partial charge in [-0.25, -0.2) is 4.79 Å². The minimum absolute atomic E-state index is 0.204. The van der Waals surface area contributed by atoms with Crippen LogP contribution in [0.25, 0.3) is 0 Å². The summed E-state index contributed by atoms with van der Waals surface area (Å²) in [7, 11) is 0. The maximum absolute atomic E-state index is 12.3. The van der Waals surface area contributed by atoms with E-state index in [2.05, 4.69) is 20.8 Å². The van der Waals surface area contributed by atoms with E-state index in [0.717, 1.165) is 31.0 Å². The highest BCUT2D eigenvalue weighted by atomic mass is 16.6. The summed E-state index contributed by atoms with van der Waals surface area (Å²) < 4.78 is 7.24. The van der Waals surface area contributed by atoms with Crippen LogP contribution >= 0.6 is 0 Å². The monoisotopic (exact) mass is 357 g/mol. The molecule has 1 aromatic carbocycles. The first-order valence-electron chi connectivity index (χ1n) is 8.61. The zero-order chi connectivity index (χ0) is 18.7. The van der Waals surface area contributed by atoms with E-state index < -0.39 is 11.7 Å². The third kappa shape index (κ3) is 4.38. The van der Waals surface area contributed by atoms with E-state index in [1.165, 1.54) is 0 Å². The second-order valence-corrected chi connectivity index (χ2v) is 7.17. The molecule has 2 aromatic rings. The number of ether oxygens (including phenoxy) is 1. The van der Waals surface area contributed by atoms with E-state index in [9.17, 15) is 9.59 Å². The smallest absolute Gasteiger partial charge is 0.412 e. The normalized spacial score (nSPS) is 13.2. The van der Waals surface area contributed by atoms with E-state index in [-0.39, 0.29) is 5.91 Å². The minimum Gasteiger partial charge on any atom is -0.444 e. The summed E-state index contributed by atoms with van der Waals surface area (Å²) in [6.45, 7) is 6.63. The number of carbonyl (C=O) groups is 2. The van der Waals surface area contributed by atoms with Crippen LogP contribution in [0.3, 0.4) is 0 Å². The van der Waals surface area contributed by atoms with E-state index in [0.29, 0.717) is 17.8 Å². The molecule has 8 nitrogen and oxygen atoms in total. The first-order chi connectivity index (χ1) is 12.3. The molecular weight excluding hydrogens is 334 g/mol. The summed E-state index contributed by atoms with van der Waals surface area (Å²) in [6.07, 6.45) is 1.47. The molecule has 0 aliphatic carbocycles. The summed E-state index contributed by atoms with van der Waals surface area (Å²) in [4.78, 5) is 24.0. The molecule has 138 valence electrons. The second-order valence-electron chi connectivity index (χ2n) is 7.17. The second kappa shape index (κ2) is 7.15. The zero-order valence-electron chi connectivity index (χ0n) is 15.2. The number of nitrogens with zero attached hydrogens (tertiary/aromatic N) is 3. The van der Waals surface area contributed by atoms with Gasteiger partial charge in [0, 0.05) is 24.2 Å². The van der Waals surface area contributed by atoms with Crippen molar-refractivity contribution in [3.8, 4) is 0 Å². The Morgan fingerprint density at radius 3 is 2.62 bits per heavy atom. The zero-order valence-corrected chi connectivity index (χ0v) is 15.2. The summed E-state index contributed by atoms with van der Waals surface area (Å²) >= 11 is 0. The fourth-order valence-electron chi connectivity index (χ4n) is 2.73. The highest BCUT2D eigenvalue weighted by molar-refractivity contribution is 5.95. The van der Waals surface area contributed by atoms with Crippen molar-refractivity contribution in [1.82, 2.24) is 20.1 Å². The first-order valence-corrected chi connectivity index (χ1v) is 8.61. The van der Waals surface area contributed by atoms with Gasteiger partial charge >= 0.3 is 6.09 Å². The van der Waals surface area contributed by atoms with Crippen molar-refractivity contribution in [1.29, 1.82) is 0 Å². The Hall–Kier alpha value is -2.90. The largest absolute Gasteiger partial charge is 0.444 e. The van der Waals surface area contributed by atoms with Crippen LogP contribution in [-0.4, -0.2) is 32.4 Å². The Kier molecular flexibility index (Phi) is 4.92. The maximum Gasteiger partial charge on any atom is 0.412 e. The molecule has 0 fully saturated rings. The van der Waals surface area contributed by atoms with Crippen molar-refractivity contribution in [2.24, 2.45) is 0 Å². The molecule has 2 amide bonds. The van der Waals surface area contributed by atoms with Crippen molar-refractivity contribution >= 4 is 17.7 Å². The van der Waals surface area contributed by atoms with Gasteiger partial charge in [-0.2, -0.15) is 0 Å². The van der Waals surface area contributed by atoms with Crippen LogP contribution in [0.1, 0.15) is 49.2 Å². The quantitative estimate of drug-likeness (QED) is 0.876. The van der Waals surface area contributed by atoms with Crippen LogP contribution in [0.2, 0.25) is 0 Å². The van der Waals surface area contributed by atoms with Crippen molar-refractivity contribution in [2.45, 2.75) is 52.3 Å². The third-order valence-corrected chi connectivity index (χ3v) is 3.89. The molecular formula is C18H23N5O3. The number of aryl methyl sites for hydroxylation is 1. The van der Waals surface area contributed by atoms with Crippen LogP contribution < -0.4 is 10.6 Å². The van der Waals surface area contributed by atoms with Gasteiger partial charge < -0.3 is 14.6 Å². The Balaban J connectivity index is 1.54. The number of amides is 2. The van der Waals surface area contributed by atoms with E-state index in [4.69, 9.17) is 4.74 Å².